The Morgan fingerprint density at radius 1 is 1.20 bits per heavy atom. The zero-order valence-corrected chi connectivity index (χ0v) is 13.5. The molecule has 8 heteroatoms. The quantitative estimate of drug-likeness (QED) is 0.768. The summed E-state index contributed by atoms with van der Waals surface area (Å²) >= 11 is 0. The van der Waals surface area contributed by atoms with Crippen LogP contribution in [0.3, 0.4) is 0 Å². The minimum Gasteiger partial charge on any atom is -0.313 e. The van der Waals surface area contributed by atoms with Crippen LogP contribution in [-0.2, 0) is 19.9 Å². The fourth-order valence-electron chi connectivity index (χ4n) is 2.95. The van der Waals surface area contributed by atoms with Crippen LogP contribution in [0.15, 0.2) is 0 Å². The lowest BCUT2D eigenvalue weighted by atomic mass is 10.2. The number of nitrogens with zero attached hydrogens (tertiary/aromatic N) is 1. The molecule has 0 aromatic heterocycles. The van der Waals surface area contributed by atoms with Crippen molar-refractivity contribution in [1.82, 2.24) is 9.62 Å². The van der Waals surface area contributed by atoms with Gasteiger partial charge in [-0.25, -0.2) is 21.1 Å². The molecular weight excluding hydrogens is 300 g/mol. The average Bonchev–Trinajstić information content (AvgIpc) is 2.88. The number of hydrogen-bond acceptors (Lipinski definition) is 5. The van der Waals surface area contributed by atoms with Gasteiger partial charge in [0.1, 0.15) is 9.84 Å². The predicted molar refractivity (Wildman–Crippen MR) is 78.9 cm³/mol. The van der Waals surface area contributed by atoms with Crippen molar-refractivity contribution in [2.75, 3.05) is 31.1 Å². The lowest BCUT2D eigenvalue weighted by molar-refractivity contribution is 0.375. The molecule has 0 radical (unpaired) electrons. The van der Waals surface area contributed by atoms with Gasteiger partial charge >= 0.3 is 0 Å². The SMILES string of the molecule is CCN(CC1CCCN1)S(=O)(=O)C1CCS(=O)(=O)CC1. The number of likely N-dealkylation sites (N-methyl/N-ethyl adjacent to an activating group) is 1. The zero-order chi connectivity index (χ0) is 14.8. The van der Waals surface area contributed by atoms with Gasteiger partial charge in [0.05, 0.1) is 16.8 Å². The second-order valence-corrected chi connectivity index (χ2v) is 10.2. The van der Waals surface area contributed by atoms with E-state index in [1.54, 1.807) is 0 Å². The second-order valence-electron chi connectivity index (χ2n) is 5.64. The van der Waals surface area contributed by atoms with E-state index < -0.39 is 25.1 Å². The highest BCUT2D eigenvalue weighted by Crippen LogP contribution is 2.23. The Morgan fingerprint density at radius 2 is 1.85 bits per heavy atom. The largest absolute Gasteiger partial charge is 0.313 e. The number of nitrogens with one attached hydrogen (secondary N) is 1. The van der Waals surface area contributed by atoms with Crippen molar-refractivity contribution >= 4 is 19.9 Å². The summed E-state index contributed by atoms with van der Waals surface area (Å²) in [5, 5.41) is 2.77. The van der Waals surface area contributed by atoms with Crippen LogP contribution in [0.5, 0.6) is 0 Å². The zero-order valence-electron chi connectivity index (χ0n) is 11.9. The van der Waals surface area contributed by atoms with Gasteiger partial charge in [-0.15, -0.1) is 0 Å². The summed E-state index contributed by atoms with van der Waals surface area (Å²) < 4.78 is 49.6. The van der Waals surface area contributed by atoms with Crippen LogP contribution in [0, 0.1) is 0 Å². The van der Waals surface area contributed by atoms with Gasteiger partial charge < -0.3 is 5.32 Å². The molecule has 0 spiro atoms. The van der Waals surface area contributed by atoms with Crippen molar-refractivity contribution in [1.29, 1.82) is 0 Å². The van der Waals surface area contributed by atoms with Crippen LogP contribution in [-0.4, -0.2) is 63.6 Å². The van der Waals surface area contributed by atoms with E-state index in [1.807, 2.05) is 6.92 Å². The van der Waals surface area contributed by atoms with Gasteiger partial charge in [0, 0.05) is 19.1 Å². The van der Waals surface area contributed by atoms with E-state index in [0.717, 1.165) is 19.4 Å². The van der Waals surface area contributed by atoms with Gasteiger partial charge in [0.15, 0.2) is 0 Å². The van der Waals surface area contributed by atoms with Crippen molar-refractivity contribution in [3.63, 3.8) is 0 Å². The van der Waals surface area contributed by atoms with Gasteiger partial charge in [-0.2, -0.15) is 0 Å². The molecule has 20 heavy (non-hydrogen) atoms. The van der Waals surface area contributed by atoms with Gasteiger partial charge in [-0.1, -0.05) is 6.92 Å². The van der Waals surface area contributed by atoms with E-state index in [4.69, 9.17) is 0 Å². The standard InChI is InChI=1S/C12H24N2O4S2/c1-2-14(10-11-4-3-7-13-11)20(17,18)12-5-8-19(15,16)9-6-12/h11-13H,2-10H2,1H3. The van der Waals surface area contributed by atoms with Crippen LogP contribution in [0.4, 0.5) is 0 Å². The number of rotatable bonds is 5. The fraction of sp³-hybridized carbons (Fsp3) is 1.00. The molecule has 2 fully saturated rings. The Bertz CT molecular complexity index is 510. The molecular formula is C12H24N2O4S2. The summed E-state index contributed by atoms with van der Waals surface area (Å²) in [6, 6.07) is 0.233. The monoisotopic (exact) mass is 324 g/mol. The van der Waals surface area contributed by atoms with E-state index >= 15 is 0 Å². The first-order valence-electron chi connectivity index (χ1n) is 7.28. The smallest absolute Gasteiger partial charge is 0.217 e. The summed E-state index contributed by atoms with van der Waals surface area (Å²) in [5.41, 5.74) is 0. The summed E-state index contributed by atoms with van der Waals surface area (Å²) in [4.78, 5) is 0. The molecule has 0 bridgehead atoms. The van der Waals surface area contributed by atoms with E-state index in [9.17, 15) is 16.8 Å². The van der Waals surface area contributed by atoms with E-state index in [-0.39, 0.29) is 30.4 Å². The highest BCUT2D eigenvalue weighted by molar-refractivity contribution is 7.92. The van der Waals surface area contributed by atoms with E-state index in [0.29, 0.717) is 13.1 Å². The summed E-state index contributed by atoms with van der Waals surface area (Å²) in [6.07, 6.45) is 2.56. The molecule has 1 N–H and O–H groups in total. The lowest BCUT2D eigenvalue weighted by Crippen LogP contribution is -2.46. The third-order valence-corrected chi connectivity index (χ3v) is 8.38. The minimum absolute atomic E-state index is 0.00384. The van der Waals surface area contributed by atoms with Gasteiger partial charge in [-0.3, -0.25) is 0 Å². The first-order chi connectivity index (χ1) is 9.35. The number of sulfone groups is 1. The molecule has 0 amide bonds. The van der Waals surface area contributed by atoms with Crippen molar-refractivity contribution in [3.05, 3.63) is 0 Å². The van der Waals surface area contributed by atoms with Crippen molar-refractivity contribution < 1.29 is 16.8 Å². The topological polar surface area (TPSA) is 83.6 Å². The Balaban J connectivity index is 2.03. The normalized spacial score (nSPS) is 28.0. The minimum atomic E-state index is -3.38. The Morgan fingerprint density at radius 3 is 2.35 bits per heavy atom. The molecule has 2 saturated heterocycles. The molecule has 0 saturated carbocycles. The van der Waals surface area contributed by atoms with Crippen LogP contribution < -0.4 is 5.32 Å². The molecule has 2 rings (SSSR count). The first-order valence-corrected chi connectivity index (χ1v) is 10.6. The van der Waals surface area contributed by atoms with Crippen LogP contribution in [0.2, 0.25) is 0 Å². The van der Waals surface area contributed by atoms with Crippen LogP contribution in [0.1, 0.15) is 32.6 Å². The molecule has 1 atom stereocenters. The van der Waals surface area contributed by atoms with Crippen molar-refractivity contribution in [2.45, 2.75) is 43.9 Å². The molecule has 0 aliphatic carbocycles. The van der Waals surface area contributed by atoms with Gasteiger partial charge in [-0.05, 0) is 32.2 Å². The fourth-order valence-corrected chi connectivity index (χ4v) is 6.74. The molecule has 0 aromatic rings. The highest BCUT2D eigenvalue weighted by Gasteiger charge is 2.37. The van der Waals surface area contributed by atoms with Crippen LogP contribution >= 0.6 is 0 Å². The van der Waals surface area contributed by atoms with Crippen molar-refractivity contribution in [2.24, 2.45) is 0 Å². The summed E-state index contributed by atoms with van der Waals surface area (Å²) in [7, 11) is -6.41. The average molecular weight is 324 g/mol. The van der Waals surface area contributed by atoms with Gasteiger partial charge in [0.2, 0.25) is 10.0 Å². The predicted octanol–water partition coefficient (Wildman–Crippen LogP) is -0.0327. The molecule has 2 heterocycles. The Kier molecular flexibility index (Phi) is 5.09. The lowest BCUT2D eigenvalue weighted by Gasteiger charge is -2.30. The van der Waals surface area contributed by atoms with Crippen molar-refractivity contribution in [3.8, 4) is 0 Å². The molecule has 0 aromatic carbocycles. The third-order valence-electron chi connectivity index (χ3n) is 4.22. The van der Waals surface area contributed by atoms with Crippen LogP contribution in [0.25, 0.3) is 0 Å². The number of hydrogen-bond donors (Lipinski definition) is 1. The highest BCUT2D eigenvalue weighted by atomic mass is 32.2. The Labute approximate surface area is 121 Å². The molecule has 118 valence electrons. The van der Waals surface area contributed by atoms with Gasteiger partial charge in [0.25, 0.3) is 0 Å². The number of sulfonamides is 1. The molecule has 2 aliphatic rings. The second kappa shape index (κ2) is 6.29. The Hall–Kier alpha value is -0.180. The maximum atomic E-state index is 12.6. The third kappa shape index (κ3) is 3.72. The maximum Gasteiger partial charge on any atom is 0.217 e. The maximum absolute atomic E-state index is 12.6. The molecule has 2 aliphatic heterocycles. The molecule has 6 nitrogen and oxygen atoms in total. The molecule has 1 unspecified atom stereocenters. The van der Waals surface area contributed by atoms with E-state index in [2.05, 4.69) is 5.32 Å². The first kappa shape index (κ1) is 16.2. The van der Waals surface area contributed by atoms with E-state index in [1.165, 1.54) is 4.31 Å². The summed E-state index contributed by atoms with van der Waals surface area (Å²) in [5.74, 6) is -0.00768. The summed E-state index contributed by atoms with van der Waals surface area (Å²) in [6.45, 7) is 3.74.